The average Bonchev–Trinajstić information content (AvgIpc) is 2.61. The number of aliphatic hydroxyl groups is 1. The third-order valence-corrected chi connectivity index (χ3v) is 4.75. The molecule has 5 heteroatoms. The van der Waals surface area contributed by atoms with Crippen LogP contribution in [0.5, 0.6) is 0 Å². The van der Waals surface area contributed by atoms with Crippen LogP contribution >= 0.6 is 0 Å². The monoisotopic (exact) mass is 235 g/mol. The van der Waals surface area contributed by atoms with Crippen LogP contribution in [-0.2, 0) is 9.84 Å². The lowest BCUT2D eigenvalue weighted by Gasteiger charge is -2.20. The van der Waals surface area contributed by atoms with E-state index in [0.717, 1.165) is 19.3 Å². The Balaban J connectivity index is 2.47. The molecule has 0 aromatic carbocycles. The van der Waals surface area contributed by atoms with Crippen molar-refractivity contribution >= 4 is 9.84 Å². The topological polar surface area (TPSA) is 66.4 Å². The van der Waals surface area contributed by atoms with Gasteiger partial charge in [0.05, 0.1) is 11.4 Å². The Morgan fingerprint density at radius 1 is 1.47 bits per heavy atom. The molecule has 0 radical (unpaired) electrons. The zero-order valence-corrected chi connectivity index (χ0v) is 10.3. The van der Waals surface area contributed by atoms with Crippen LogP contribution in [0.1, 0.15) is 32.6 Å². The number of hydrogen-bond donors (Lipinski definition) is 2. The Labute approximate surface area is 92.0 Å². The first-order chi connectivity index (χ1) is 6.95. The summed E-state index contributed by atoms with van der Waals surface area (Å²) in [6.07, 6.45) is 4.23. The maximum Gasteiger partial charge on any atom is 0.151 e. The van der Waals surface area contributed by atoms with E-state index in [1.165, 1.54) is 6.26 Å². The lowest BCUT2D eigenvalue weighted by molar-refractivity contribution is 0.163. The molecule has 3 unspecified atom stereocenters. The number of hydrogen-bond acceptors (Lipinski definition) is 4. The van der Waals surface area contributed by atoms with Gasteiger partial charge in [-0.2, -0.15) is 0 Å². The number of nitrogens with one attached hydrogen (secondary N) is 1. The summed E-state index contributed by atoms with van der Waals surface area (Å²) >= 11 is 0. The fourth-order valence-corrected chi connectivity index (χ4v) is 3.53. The van der Waals surface area contributed by atoms with Crippen molar-refractivity contribution in [2.45, 2.75) is 50.0 Å². The molecule has 0 heterocycles. The van der Waals surface area contributed by atoms with Gasteiger partial charge in [-0.25, -0.2) is 8.42 Å². The molecule has 0 aliphatic heterocycles. The molecular weight excluding hydrogens is 214 g/mol. The highest BCUT2D eigenvalue weighted by atomic mass is 32.2. The van der Waals surface area contributed by atoms with E-state index in [4.69, 9.17) is 0 Å². The van der Waals surface area contributed by atoms with Crippen molar-refractivity contribution in [1.29, 1.82) is 0 Å². The number of aliphatic hydroxyl groups excluding tert-OH is 1. The SMILES string of the molecule is CCC(O)CNC1CCCC1S(C)(=O)=O. The summed E-state index contributed by atoms with van der Waals surface area (Å²) in [5.74, 6) is 0. The maximum atomic E-state index is 11.5. The van der Waals surface area contributed by atoms with Gasteiger partial charge in [-0.3, -0.25) is 0 Å². The van der Waals surface area contributed by atoms with Crippen molar-refractivity contribution < 1.29 is 13.5 Å². The smallest absolute Gasteiger partial charge is 0.151 e. The Morgan fingerprint density at radius 3 is 2.67 bits per heavy atom. The molecule has 0 spiro atoms. The van der Waals surface area contributed by atoms with Crippen molar-refractivity contribution in [3.63, 3.8) is 0 Å². The molecule has 2 N–H and O–H groups in total. The first kappa shape index (κ1) is 12.9. The molecule has 1 saturated carbocycles. The molecule has 15 heavy (non-hydrogen) atoms. The van der Waals surface area contributed by atoms with Gasteiger partial charge in [0.25, 0.3) is 0 Å². The molecule has 90 valence electrons. The van der Waals surface area contributed by atoms with Crippen LogP contribution in [0.3, 0.4) is 0 Å². The van der Waals surface area contributed by atoms with Crippen molar-refractivity contribution in [2.75, 3.05) is 12.8 Å². The van der Waals surface area contributed by atoms with E-state index >= 15 is 0 Å². The second-order valence-electron chi connectivity index (χ2n) is 4.38. The number of sulfone groups is 1. The van der Waals surface area contributed by atoms with Gasteiger partial charge < -0.3 is 10.4 Å². The summed E-state index contributed by atoms with van der Waals surface area (Å²) in [4.78, 5) is 0. The Hall–Kier alpha value is -0.130. The van der Waals surface area contributed by atoms with E-state index in [1.807, 2.05) is 6.92 Å². The predicted molar refractivity (Wildman–Crippen MR) is 60.6 cm³/mol. The van der Waals surface area contributed by atoms with E-state index in [-0.39, 0.29) is 17.4 Å². The van der Waals surface area contributed by atoms with Gasteiger partial charge in [-0.05, 0) is 19.3 Å². The minimum atomic E-state index is -2.95. The van der Waals surface area contributed by atoms with Crippen LogP contribution in [0.2, 0.25) is 0 Å². The highest BCUT2D eigenvalue weighted by Gasteiger charge is 2.34. The van der Waals surface area contributed by atoms with Crippen molar-refractivity contribution in [1.82, 2.24) is 5.32 Å². The zero-order valence-electron chi connectivity index (χ0n) is 9.44. The van der Waals surface area contributed by atoms with Crippen LogP contribution in [0.4, 0.5) is 0 Å². The van der Waals surface area contributed by atoms with E-state index in [9.17, 15) is 13.5 Å². The first-order valence-electron chi connectivity index (χ1n) is 5.55. The van der Waals surface area contributed by atoms with Crippen LogP contribution in [0, 0.1) is 0 Å². The minimum Gasteiger partial charge on any atom is -0.392 e. The van der Waals surface area contributed by atoms with Gasteiger partial charge in [0.15, 0.2) is 9.84 Å². The van der Waals surface area contributed by atoms with E-state index < -0.39 is 9.84 Å². The van der Waals surface area contributed by atoms with Gasteiger partial charge in [-0.15, -0.1) is 0 Å². The van der Waals surface area contributed by atoms with E-state index in [1.54, 1.807) is 0 Å². The van der Waals surface area contributed by atoms with Crippen molar-refractivity contribution in [3.05, 3.63) is 0 Å². The minimum absolute atomic E-state index is 0.0289. The first-order valence-corrected chi connectivity index (χ1v) is 7.51. The third kappa shape index (κ3) is 3.74. The van der Waals surface area contributed by atoms with Crippen LogP contribution in [-0.4, -0.2) is 43.7 Å². The van der Waals surface area contributed by atoms with Crippen molar-refractivity contribution in [3.8, 4) is 0 Å². The van der Waals surface area contributed by atoms with Crippen LogP contribution in [0.15, 0.2) is 0 Å². The van der Waals surface area contributed by atoms with Gasteiger partial charge in [0.2, 0.25) is 0 Å². The van der Waals surface area contributed by atoms with Gasteiger partial charge in [0.1, 0.15) is 0 Å². The van der Waals surface area contributed by atoms with Gasteiger partial charge >= 0.3 is 0 Å². The van der Waals surface area contributed by atoms with Gasteiger partial charge in [-0.1, -0.05) is 13.3 Å². The summed E-state index contributed by atoms with van der Waals surface area (Å²) in [6.45, 7) is 2.40. The Morgan fingerprint density at radius 2 is 2.13 bits per heavy atom. The predicted octanol–water partition coefficient (Wildman–Crippen LogP) is 0.313. The summed E-state index contributed by atoms with van der Waals surface area (Å²) in [6, 6.07) is 0.0289. The second kappa shape index (κ2) is 5.27. The Bertz CT molecular complexity index is 289. The normalized spacial score (nSPS) is 29.3. The lowest BCUT2D eigenvalue weighted by atomic mass is 10.2. The van der Waals surface area contributed by atoms with Crippen molar-refractivity contribution in [2.24, 2.45) is 0 Å². The van der Waals surface area contributed by atoms with E-state index in [0.29, 0.717) is 13.0 Å². The molecule has 1 aliphatic rings. The maximum absolute atomic E-state index is 11.5. The second-order valence-corrected chi connectivity index (χ2v) is 6.64. The molecule has 0 aromatic heterocycles. The fraction of sp³-hybridized carbons (Fsp3) is 1.00. The summed E-state index contributed by atoms with van der Waals surface area (Å²) in [5, 5.41) is 12.3. The molecule has 1 fully saturated rings. The van der Waals surface area contributed by atoms with Gasteiger partial charge in [0, 0.05) is 18.8 Å². The molecule has 0 bridgehead atoms. The molecule has 0 amide bonds. The third-order valence-electron chi connectivity index (χ3n) is 3.09. The highest BCUT2D eigenvalue weighted by Crippen LogP contribution is 2.24. The standard InChI is InChI=1S/C10H21NO3S/c1-3-8(12)7-11-9-5-4-6-10(9)15(2,13)14/h8-12H,3-7H2,1-2H3. The quantitative estimate of drug-likeness (QED) is 0.720. The molecular formula is C10H21NO3S. The fourth-order valence-electron chi connectivity index (χ4n) is 2.10. The summed E-state index contributed by atoms with van der Waals surface area (Å²) < 4.78 is 22.9. The summed E-state index contributed by atoms with van der Waals surface area (Å²) in [5.41, 5.74) is 0. The summed E-state index contributed by atoms with van der Waals surface area (Å²) in [7, 11) is -2.95. The molecule has 4 nitrogen and oxygen atoms in total. The van der Waals surface area contributed by atoms with E-state index in [2.05, 4.69) is 5.32 Å². The zero-order chi connectivity index (χ0) is 11.5. The average molecular weight is 235 g/mol. The largest absolute Gasteiger partial charge is 0.392 e. The Kier molecular flexibility index (Phi) is 4.55. The lowest BCUT2D eigenvalue weighted by Crippen LogP contribution is -2.43. The molecule has 3 atom stereocenters. The molecule has 1 aliphatic carbocycles. The number of rotatable bonds is 5. The molecule has 0 aromatic rings. The van der Waals surface area contributed by atoms with Crippen LogP contribution in [0.25, 0.3) is 0 Å². The van der Waals surface area contributed by atoms with Crippen LogP contribution < -0.4 is 5.32 Å². The molecule has 1 rings (SSSR count). The molecule has 0 saturated heterocycles. The highest BCUT2D eigenvalue weighted by molar-refractivity contribution is 7.91.